The molecule has 1 aliphatic heterocycles. The zero-order valence-electron chi connectivity index (χ0n) is 12.8. The van der Waals surface area contributed by atoms with E-state index in [-0.39, 0.29) is 0 Å². The molecule has 1 heterocycles. The fourth-order valence-corrected chi connectivity index (χ4v) is 3.32. The third kappa shape index (κ3) is 1.71. The van der Waals surface area contributed by atoms with Gasteiger partial charge in [-0.25, -0.2) is 0 Å². The normalized spacial score (nSPS) is 13.2. The van der Waals surface area contributed by atoms with Gasteiger partial charge < -0.3 is 9.80 Å². The summed E-state index contributed by atoms with van der Waals surface area (Å²) in [6.45, 7) is 10.8. The lowest BCUT2D eigenvalue weighted by Crippen LogP contribution is -2.30. The van der Waals surface area contributed by atoms with Crippen LogP contribution in [0.1, 0.15) is 25.0 Å². The summed E-state index contributed by atoms with van der Waals surface area (Å²) in [5.74, 6) is 0. The van der Waals surface area contributed by atoms with E-state index in [9.17, 15) is 0 Å². The number of nitrogens with zero attached hydrogens (tertiary/aromatic N) is 2. The van der Waals surface area contributed by atoms with Crippen LogP contribution in [0.25, 0.3) is 0 Å². The molecule has 0 saturated carbocycles. The SMILES string of the molecule is CCN1c2cccc(C)c2N(CC)c2cccc(C)c21. The first-order valence-corrected chi connectivity index (χ1v) is 7.43. The Kier molecular flexibility index (Phi) is 3.17. The van der Waals surface area contributed by atoms with Crippen molar-refractivity contribution in [2.75, 3.05) is 22.9 Å². The van der Waals surface area contributed by atoms with Gasteiger partial charge in [-0.3, -0.25) is 0 Å². The summed E-state index contributed by atoms with van der Waals surface area (Å²) in [6.07, 6.45) is 0. The van der Waals surface area contributed by atoms with E-state index in [2.05, 4.69) is 73.9 Å². The molecule has 0 unspecified atom stereocenters. The summed E-state index contributed by atoms with van der Waals surface area (Å²) in [7, 11) is 0. The number of rotatable bonds is 2. The van der Waals surface area contributed by atoms with Crippen molar-refractivity contribution in [3.8, 4) is 0 Å². The molecule has 2 aromatic rings. The molecule has 2 nitrogen and oxygen atoms in total. The maximum absolute atomic E-state index is 2.44. The van der Waals surface area contributed by atoms with Crippen LogP contribution in [0.4, 0.5) is 22.7 Å². The largest absolute Gasteiger partial charge is 0.338 e. The highest BCUT2D eigenvalue weighted by Crippen LogP contribution is 2.49. The molecule has 0 spiro atoms. The van der Waals surface area contributed by atoms with Crippen LogP contribution in [-0.2, 0) is 0 Å². The lowest BCUT2D eigenvalue weighted by molar-refractivity contribution is 0.936. The van der Waals surface area contributed by atoms with Crippen LogP contribution in [0.2, 0.25) is 0 Å². The molecule has 104 valence electrons. The molecule has 0 fully saturated rings. The lowest BCUT2D eigenvalue weighted by atomic mass is 10.0. The third-order valence-corrected chi connectivity index (χ3v) is 4.19. The van der Waals surface area contributed by atoms with Crippen LogP contribution >= 0.6 is 0 Å². The first-order chi connectivity index (χ1) is 9.69. The minimum Gasteiger partial charge on any atom is -0.338 e. The van der Waals surface area contributed by atoms with Gasteiger partial charge in [0, 0.05) is 13.1 Å². The number of para-hydroxylation sites is 2. The molecule has 3 rings (SSSR count). The summed E-state index contributed by atoms with van der Waals surface area (Å²) in [4.78, 5) is 4.89. The van der Waals surface area contributed by atoms with Gasteiger partial charge in [-0.2, -0.15) is 0 Å². The average molecular weight is 266 g/mol. The van der Waals surface area contributed by atoms with Gasteiger partial charge >= 0.3 is 0 Å². The fourth-order valence-electron chi connectivity index (χ4n) is 3.32. The Balaban J connectivity index is 2.33. The topological polar surface area (TPSA) is 6.48 Å². The van der Waals surface area contributed by atoms with Gasteiger partial charge in [0.25, 0.3) is 0 Å². The maximum Gasteiger partial charge on any atom is 0.0682 e. The number of aryl methyl sites for hydroxylation is 2. The molecule has 0 aliphatic carbocycles. The summed E-state index contributed by atoms with van der Waals surface area (Å²) in [6, 6.07) is 13.2. The quantitative estimate of drug-likeness (QED) is 0.760. The number of anilines is 4. The van der Waals surface area contributed by atoms with E-state index in [0.29, 0.717) is 0 Å². The first-order valence-electron chi connectivity index (χ1n) is 7.43. The Morgan fingerprint density at radius 1 is 0.700 bits per heavy atom. The molecule has 0 amide bonds. The Bertz CT molecular complexity index is 588. The second kappa shape index (κ2) is 4.86. The van der Waals surface area contributed by atoms with Gasteiger partial charge in [-0.15, -0.1) is 0 Å². The van der Waals surface area contributed by atoms with Crippen molar-refractivity contribution in [3.63, 3.8) is 0 Å². The van der Waals surface area contributed by atoms with Crippen molar-refractivity contribution >= 4 is 22.7 Å². The van der Waals surface area contributed by atoms with Crippen LogP contribution in [-0.4, -0.2) is 13.1 Å². The second-order valence-electron chi connectivity index (χ2n) is 5.37. The van der Waals surface area contributed by atoms with E-state index < -0.39 is 0 Å². The van der Waals surface area contributed by atoms with Gasteiger partial charge in [0.05, 0.1) is 22.7 Å². The van der Waals surface area contributed by atoms with E-state index >= 15 is 0 Å². The van der Waals surface area contributed by atoms with Crippen LogP contribution < -0.4 is 9.80 Å². The third-order valence-electron chi connectivity index (χ3n) is 4.19. The highest BCUT2D eigenvalue weighted by molar-refractivity contribution is 5.95. The summed E-state index contributed by atoms with van der Waals surface area (Å²) in [5, 5.41) is 0. The monoisotopic (exact) mass is 266 g/mol. The molecule has 0 saturated heterocycles. The summed E-state index contributed by atoms with van der Waals surface area (Å²) >= 11 is 0. The second-order valence-corrected chi connectivity index (χ2v) is 5.37. The Hall–Kier alpha value is -1.96. The Morgan fingerprint density at radius 2 is 1.10 bits per heavy atom. The van der Waals surface area contributed by atoms with Crippen LogP contribution in [0.5, 0.6) is 0 Å². The van der Waals surface area contributed by atoms with Crippen molar-refractivity contribution in [1.82, 2.24) is 0 Å². The van der Waals surface area contributed by atoms with Crippen molar-refractivity contribution in [2.24, 2.45) is 0 Å². The highest BCUT2D eigenvalue weighted by atomic mass is 15.3. The van der Waals surface area contributed by atoms with Gasteiger partial charge in [-0.05, 0) is 51.0 Å². The zero-order chi connectivity index (χ0) is 14.3. The van der Waals surface area contributed by atoms with E-state index in [1.165, 1.54) is 33.9 Å². The Morgan fingerprint density at radius 3 is 1.45 bits per heavy atom. The predicted octanol–water partition coefficient (Wildman–Crippen LogP) is 4.93. The maximum atomic E-state index is 2.44. The van der Waals surface area contributed by atoms with E-state index in [1.54, 1.807) is 0 Å². The van der Waals surface area contributed by atoms with Crippen molar-refractivity contribution < 1.29 is 0 Å². The summed E-state index contributed by atoms with van der Waals surface area (Å²) < 4.78 is 0. The fraction of sp³-hybridized carbons (Fsp3) is 0.333. The molecule has 1 aliphatic rings. The van der Waals surface area contributed by atoms with Crippen molar-refractivity contribution in [3.05, 3.63) is 47.5 Å². The summed E-state index contributed by atoms with van der Waals surface area (Å²) in [5.41, 5.74) is 8.06. The first kappa shape index (κ1) is 13.0. The molecule has 0 N–H and O–H groups in total. The number of fused-ring (bicyclic) bond motifs is 2. The molecule has 0 bridgehead atoms. The van der Waals surface area contributed by atoms with Crippen LogP contribution in [0.3, 0.4) is 0 Å². The van der Waals surface area contributed by atoms with Gasteiger partial charge in [0.1, 0.15) is 0 Å². The standard InChI is InChI=1S/C18H22N2/c1-5-19-15-11-7-10-14(4)18(15)20(6-2)16-12-8-9-13(3)17(16)19/h7-12H,5-6H2,1-4H3. The van der Waals surface area contributed by atoms with Gasteiger partial charge in [0.15, 0.2) is 0 Å². The van der Waals surface area contributed by atoms with E-state index in [0.717, 1.165) is 13.1 Å². The molecular formula is C18H22N2. The van der Waals surface area contributed by atoms with Crippen molar-refractivity contribution in [2.45, 2.75) is 27.7 Å². The molecule has 20 heavy (non-hydrogen) atoms. The molecule has 0 aromatic heterocycles. The van der Waals surface area contributed by atoms with Gasteiger partial charge in [0.2, 0.25) is 0 Å². The smallest absolute Gasteiger partial charge is 0.0682 e. The molecule has 0 atom stereocenters. The molecule has 2 heteroatoms. The van der Waals surface area contributed by atoms with Crippen molar-refractivity contribution in [1.29, 1.82) is 0 Å². The number of benzene rings is 2. The molecule has 2 aromatic carbocycles. The minimum atomic E-state index is 0.992. The predicted molar refractivity (Wildman–Crippen MR) is 87.7 cm³/mol. The highest BCUT2D eigenvalue weighted by Gasteiger charge is 2.28. The lowest BCUT2D eigenvalue weighted by Gasteiger charge is -2.41. The zero-order valence-corrected chi connectivity index (χ0v) is 12.8. The molecule has 0 radical (unpaired) electrons. The number of hydrogen-bond donors (Lipinski definition) is 0. The molecular weight excluding hydrogens is 244 g/mol. The average Bonchev–Trinajstić information content (AvgIpc) is 2.46. The van der Waals surface area contributed by atoms with Crippen LogP contribution in [0, 0.1) is 13.8 Å². The minimum absolute atomic E-state index is 0.992. The van der Waals surface area contributed by atoms with E-state index in [1.807, 2.05) is 0 Å². The Labute approximate surface area is 121 Å². The van der Waals surface area contributed by atoms with Crippen LogP contribution in [0.15, 0.2) is 36.4 Å². The number of hydrogen-bond acceptors (Lipinski definition) is 2. The van der Waals surface area contributed by atoms with Gasteiger partial charge in [-0.1, -0.05) is 24.3 Å². The van der Waals surface area contributed by atoms with E-state index in [4.69, 9.17) is 0 Å².